The fraction of sp³-hybridized carbons (Fsp3) is 0.407. The molecule has 0 bridgehead atoms. The lowest BCUT2D eigenvalue weighted by Gasteiger charge is -2.13. The number of oxazole rings is 1. The van der Waals surface area contributed by atoms with E-state index in [1.165, 1.54) is 0 Å². The van der Waals surface area contributed by atoms with Crippen molar-refractivity contribution in [2.75, 3.05) is 18.9 Å². The van der Waals surface area contributed by atoms with Crippen LogP contribution in [0.4, 0.5) is 0 Å². The quantitative estimate of drug-likeness (QED) is 0.305. The fourth-order valence-electron chi connectivity index (χ4n) is 3.79. The normalized spacial score (nSPS) is 11.5. The summed E-state index contributed by atoms with van der Waals surface area (Å²) in [6.07, 6.45) is 2.80. The molecule has 0 amide bonds. The van der Waals surface area contributed by atoms with Gasteiger partial charge in [-0.05, 0) is 61.6 Å². The summed E-state index contributed by atoms with van der Waals surface area (Å²) in [6.45, 7) is 4.46. The number of ether oxygens (including phenoxy) is 1. The third-order valence-corrected chi connectivity index (χ3v) is 7.26. The lowest BCUT2D eigenvalue weighted by molar-refractivity contribution is -0.136. The molecule has 3 rings (SSSR count). The van der Waals surface area contributed by atoms with E-state index in [2.05, 4.69) is 9.71 Å². The van der Waals surface area contributed by atoms with Gasteiger partial charge in [-0.3, -0.25) is 4.79 Å². The number of carbonyl (C=O) groups is 1. The first-order valence-electron chi connectivity index (χ1n) is 12.2. The third-order valence-electron chi connectivity index (χ3n) is 5.79. The molecular weight excluding hydrogens is 480 g/mol. The van der Waals surface area contributed by atoms with Gasteiger partial charge in [-0.1, -0.05) is 37.6 Å². The van der Waals surface area contributed by atoms with Crippen molar-refractivity contribution in [2.24, 2.45) is 0 Å². The lowest BCUT2D eigenvalue weighted by Crippen LogP contribution is -2.28. The molecule has 36 heavy (non-hydrogen) atoms. The van der Waals surface area contributed by atoms with Crippen LogP contribution in [0.2, 0.25) is 0 Å². The van der Waals surface area contributed by atoms with Crippen LogP contribution in [0.25, 0.3) is 11.5 Å². The smallest absolute Gasteiger partial charge is 0.303 e. The van der Waals surface area contributed by atoms with Crippen LogP contribution < -0.4 is 9.46 Å². The zero-order chi connectivity index (χ0) is 26.0. The highest BCUT2D eigenvalue weighted by atomic mass is 32.2. The molecule has 0 saturated heterocycles. The number of aliphatic carboxylic acids is 1. The number of unbranched alkanes of at least 4 members (excludes halogenated alkanes) is 1. The second kappa shape index (κ2) is 13.2. The Kier molecular flexibility index (Phi) is 10.1. The molecule has 0 aliphatic heterocycles. The maximum Gasteiger partial charge on any atom is 0.303 e. The largest absolute Gasteiger partial charge is 0.493 e. The van der Waals surface area contributed by atoms with Gasteiger partial charge in [-0.2, -0.15) is 0 Å². The number of rotatable bonds is 15. The number of carboxylic acids is 1. The standard InChI is InChI=1S/C27H34N2O6S/c1-3-4-18-36(32,33)28-16-14-23-19-24(12-10-21(23)11-13-26(30)31)34-17-15-25-20(2)35-27(29-25)22-8-6-5-7-9-22/h5-10,12,19,28H,3-4,11,13-18H2,1-2H3,(H,30,31). The van der Waals surface area contributed by atoms with Crippen molar-refractivity contribution in [3.05, 3.63) is 71.1 Å². The molecular formula is C27H34N2O6S. The van der Waals surface area contributed by atoms with Gasteiger partial charge in [0.1, 0.15) is 11.5 Å². The van der Waals surface area contributed by atoms with Crippen LogP contribution in [-0.4, -0.2) is 43.4 Å². The topological polar surface area (TPSA) is 119 Å². The Morgan fingerprint density at radius 2 is 1.86 bits per heavy atom. The van der Waals surface area contributed by atoms with E-state index in [-0.39, 0.29) is 18.7 Å². The molecule has 0 radical (unpaired) electrons. The van der Waals surface area contributed by atoms with Crippen LogP contribution >= 0.6 is 0 Å². The van der Waals surface area contributed by atoms with E-state index in [0.29, 0.717) is 43.9 Å². The molecule has 2 aromatic carbocycles. The number of benzene rings is 2. The van der Waals surface area contributed by atoms with Gasteiger partial charge in [-0.25, -0.2) is 18.1 Å². The summed E-state index contributed by atoms with van der Waals surface area (Å²) in [4.78, 5) is 15.7. The van der Waals surface area contributed by atoms with E-state index in [9.17, 15) is 13.2 Å². The summed E-state index contributed by atoms with van der Waals surface area (Å²) in [5.41, 5.74) is 3.49. The number of nitrogens with zero attached hydrogens (tertiary/aromatic N) is 1. The van der Waals surface area contributed by atoms with E-state index in [1.54, 1.807) is 0 Å². The minimum Gasteiger partial charge on any atom is -0.493 e. The number of aromatic nitrogens is 1. The molecule has 0 aliphatic rings. The number of sulfonamides is 1. The first kappa shape index (κ1) is 27.4. The van der Waals surface area contributed by atoms with Crippen LogP contribution in [0.15, 0.2) is 52.9 Å². The molecule has 194 valence electrons. The van der Waals surface area contributed by atoms with E-state index in [1.807, 2.05) is 62.4 Å². The zero-order valence-electron chi connectivity index (χ0n) is 20.8. The molecule has 0 aliphatic carbocycles. The number of nitrogens with one attached hydrogen (secondary N) is 1. The van der Waals surface area contributed by atoms with Gasteiger partial charge in [0.25, 0.3) is 0 Å². The summed E-state index contributed by atoms with van der Waals surface area (Å²) < 4.78 is 38.6. The Bertz CT molecular complexity index is 1240. The van der Waals surface area contributed by atoms with Crippen LogP contribution in [0.5, 0.6) is 5.75 Å². The fourth-order valence-corrected chi connectivity index (χ4v) is 5.01. The molecule has 1 aromatic heterocycles. The highest BCUT2D eigenvalue weighted by Gasteiger charge is 2.13. The van der Waals surface area contributed by atoms with E-state index in [0.717, 1.165) is 34.6 Å². The van der Waals surface area contributed by atoms with Crippen molar-refractivity contribution >= 4 is 16.0 Å². The summed E-state index contributed by atoms with van der Waals surface area (Å²) in [5.74, 6) is 1.19. The van der Waals surface area contributed by atoms with Gasteiger partial charge in [0, 0.05) is 24.9 Å². The number of aryl methyl sites for hydroxylation is 2. The Balaban J connectivity index is 1.63. The van der Waals surface area contributed by atoms with Crippen LogP contribution in [0.3, 0.4) is 0 Å². The predicted molar refractivity (Wildman–Crippen MR) is 139 cm³/mol. The second-order valence-electron chi connectivity index (χ2n) is 8.63. The maximum absolute atomic E-state index is 12.1. The average Bonchev–Trinajstić information content (AvgIpc) is 3.23. The number of hydrogen-bond acceptors (Lipinski definition) is 6. The molecule has 0 unspecified atom stereocenters. The molecule has 1 heterocycles. The van der Waals surface area contributed by atoms with Crippen molar-refractivity contribution < 1.29 is 27.5 Å². The van der Waals surface area contributed by atoms with Crippen molar-refractivity contribution in [1.82, 2.24) is 9.71 Å². The van der Waals surface area contributed by atoms with Gasteiger partial charge in [-0.15, -0.1) is 0 Å². The van der Waals surface area contributed by atoms with Gasteiger partial charge in [0.05, 0.1) is 18.1 Å². The van der Waals surface area contributed by atoms with Crippen molar-refractivity contribution in [3.63, 3.8) is 0 Å². The molecule has 9 heteroatoms. The molecule has 3 aromatic rings. The molecule has 0 fully saturated rings. The van der Waals surface area contributed by atoms with Gasteiger partial charge < -0.3 is 14.3 Å². The van der Waals surface area contributed by atoms with Gasteiger partial charge in [0.2, 0.25) is 15.9 Å². The summed E-state index contributed by atoms with van der Waals surface area (Å²) in [5, 5.41) is 9.08. The van der Waals surface area contributed by atoms with Crippen LogP contribution in [-0.2, 0) is 34.1 Å². The minimum atomic E-state index is -3.32. The zero-order valence-corrected chi connectivity index (χ0v) is 21.6. The Labute approximate surface area is 212 Å². The number of carboxylic acid groups (broad SMARTS) is 1. The monoisotopic (exact) mass is 514 g/mol. The first-order valence-corrected chi connectivity index (χ1v) is 13.9. The molecule has 0 spiro atoms. The summed E-state index contributed by atoms with van der Waals surface area (Å²) in [6, 6.07) is 15.2. The number of hydrogen-bond donors (Lipinski definition) is 2. The average molecular weight is 515 g/mol. The van der Waals surface area contributed by atoms with Crippen molar-refractivity contribution in [3.8, 4) is 17.2 Å². The maximum atomic E-state index is 12.1. The highest BCUT2D eigenvalue weighted by Crippen LogP contribution is 2.23. The van der Waals surface area contributed by atoms with Crippen LogP contribution in [0, 0.1) is 6.92 Å². The Morgan fingerprint density at radius 3 is 2.58 bits per heavy atom. The SMILES string of the molecule is CCCCS(=O)(=O)NCCc1cc(OCCc2nc(-c3ccccc3)oc2C)ccc1CCC(=O)O. The predicted octanol–water partition coefficient (Wildman–Crippen LogP) is 4.55. The Hall–Kier alpha value is -3.17. The minimum absolute atomic E-state index is 0.00458. The summed E-state index contributed by atoms with van der Waals surface area (Å²) >= 11 is 0. The molecule has 2 N–H and O–H groups in total. The second-order valence-corrected chi connectivity index (χ2v) is 10.6. The van der Waals surface area contributed by atoms with Crippen molar-refractivity contribution in [1.29, 1.82) is 0 Å². The van der Waals surface area contributed by atoms with Gasteiger partial charge in [0.15, 0.2) is 0 Å². The van der Waals surface area contributed by atoms with Gasteiger partial charge >= 0.3 is 5.97 Å². The molecule has 0 saturated carbocycles. The van der Waals surface area contributed by atoms with Crippen molar-refractivity contribution in [2.45, 2.75) is 52.4 Å². The highest BCUT2D eigenvalue weighted by molar-refractivity contribution is 7.89. The summed E-state index contributed by atoms with van der Waals surface area (Å²) in [7, 11) is -3.32. The Morgan fingerprint density at radius 1 is 1.08 bits per heavy atom. The first-order chi connectivity index (χ1) is 17.3. The molecule has 0 atom stereocenters. The third kappa shape index (κ3) is 8.49. The van der Waals surface area contributed by atoms with Crippen LogP contribution in [0.1, 0.15) is 48.8 Å². The van der Waals surface area contributed by atoms with E-state index in [4.69, 9.17) is 14.3 Å². The van der Waals surface area contributed by atoms with E-state index >= 15 is 0 Å². The van der Waals surface area contributed by atoms with E-state index < -0.39 is 16.0 Å². The lowest BCUT2D eigenvalue weighted by atomic mass is 10.00. The molecule has 8 nitrogen and oxygen atoms in total.